The zero-order valence-corrected chi connectivity index (χ0v) is 11.7. The molecule has 1 heterocycles. The van der Waals surface area contributed by atoms with Gasteiger partial charge in [0.05, 0.1) is 12.2 Å². The van der Waals surface area contributed by atoms with Crippen LogP contribution in [-0.2, 0) is 13.0 Å². The van der Waals surface area contributed by atoms with Gasteiger partial charge in [0.15, 0.2) is 0 Å². The number of carbonyl (C=O) groups is 1. The van der Waals surface area contributed by atoms with Crippen LogP contribution in [0.15, 0.2) is 24.3 Å². The van der Waals surface area contributed by atoms with Gasteiger partial charge in [-0.15, -0.1) is 0 Å². The minimum Gasteiger partial charge on any atom is -0.478 e. The van der Waals surface area contributed by atoms with Crippen molar-refractivity contribution in [2.45, 2.75) is 19.9 Å². The third-order valence-corrected chi connectivity index (χ3v) is 3.54. The van der Waals surface area contributed by atoms with Crippen LogP contribution in [0.1, 0.15) is 28.5 Å². The summed E-state index contributed by atoms with van der Waals surface area (Å²) in [6.45, 7) is 2.18. The van der Waals surface area contributed by atoms with E-state index in [1.165, 1.54) is 4.68 Å². The van der Waals surface area contributed by atoms with E-state index < -0.39 is 5.97 Å². The normalized spacial score (nSPS) is 10.7. The van der Waals surface area contributed by atoms with Gasteiger partial charge in [0.2, 0.25) is 0 Å². The number of hydrogen-bond acceptors (Lipinski definition) is 2. The van der Waals surface area contributed by atoms with E-state index in [1.807, 2.05) is 25.1 Å². The first-order valence-electron chi connectivity index (χ1n) is 5.76. The van der Waals surface area contributed by atoms with Crippen molar-refractivity contribution in [3.05, 3.63) is 51.3 Å². The number of halogens is 2. The lowest BCUT2D eigenvalue weighted by Crippen LogP contribution is -2.03. The molecule has 1 aromatic heterocycles. The summed E-state index contributed by atoms with van der Waals surface area (Å²) in [5, 5.41) is 14.1. The van der Waals surface area contributed by atoms with Crippen molar-refractivity contribution in [2.75, 3.05) is 0 Å². The van der Waals surface area contributed by atoms with E-state index in [0.29, 0.717) is 23.7 Å². The van der Waals surface area contributed by atoms with Crippen molar-refractivity contribution in [3.63, 3.8) is 0 Å². The van der Waals surface area contributed by atoms with E-state index in [4.69, 9.17) is 28.3 Å². The van der Waals surface area contributed by atoms with Gasteiger partial charge in [-0.05, 0) is 18.1 Å². The van der Waals surface area contributed by atoms with Gasteiger partial charge in [-0.2, -0.15) is 5.10 Å². The highest BCUT2D eigenvalue weighted by Crippen LogP contribution is 2.23. The molecule has 2 rings (SSSR count). The molecule has 6 heteroatoms. The predicted molar refractivity (Wildman–Crippen MR) is 74.1 cm³/mol. The van der Waals surface area contributed by atoms with Crippen molar-refractivity contribution in [1.82, 2.24) is 9.78 Å². The van der Waals surface area contributed by atoms with Crippen LogP contribution in [0.2, 0.25) is 10.2 Å². The molecule has 0 aliphatic heterocycles. The first-order chi connectivity index (χ1) is 9.04. The van der Waals surface area contributed by atoms with Crippen LogP contribution in [0, 0.1) is 0 Å². The molecule has 0 atom stereocenters. The molecule has 1 N–H and O–H groups in total. The van der Waals surface area contributed by atoms with Gasteiger partial charge < -0.3 is 5.11 Å². The molecule has 0 saturated heterocycles. The number of benzene rings is 1. The average Bonchev–Trinajstić information content (AvgIpc) is 2.69. The maximum Gasteiger partial charge on any atom is 0.340 e. The molecule has 0 aliphatic carbocycles. The summed E-state index contributed by atoms with van der Waals surface area (Å²) in [6.07, 6.45) is 0.511. The molecule has 0 unspecified atom stereocenters. The molecule has 1 aromatic carbocycles. The lowest BCUT2D eigenvalue weighted by atomic mass is 10.2. The molecule has 100 valence electrons. The highest BCUT2D eigenvalue weighted by molar-refractivity contribution is 6.33. The molecule has 2 aromatic rings. The fourth-order valence-corrected chi connectivity index (χ4v) is 2.32. The van der Waals surface area contributed by atoms with Crippen molar-refractivity contribution in [2.24, 2.45) is 0 Å². The second-order valence-electron chi connectivity index (χ2n) is 4.02. The summed E-state index contributed by atoms with van der Waals surface area (Å²) in [5.74, 6) is -1.06. The minimum atomic E-state index is -1.06. The molecule has 19 heavy (non-hydrogen) atoms. The number of nitrogens with zero attached hydrogens (tertiary/aromatic N) is 2. The van der Waals surface area contributed by atoms with Crippen LogP contribution in [0.25, 0.3) is 0 Å². The van der Waals surface area contributed by atoms with Gasteiger partial charge in [0.25, 0.3) is 0 Å². The third-order valence-electron chi connectivity index (χ3n) is 2.79. The van der Waals surface area contributed by atoms with Crippen LogP contribution >= 0.6 is 23.2 Å². The van der Waals surface area contributed by atoms with E-state index in [1.54, 1.807) is 6.07 Å². The molecule has 0 amide bonds. The Kier molecular flexibility index (Phi) is 4.12. The number of rotatable bonds is 4. The summed E-state index contributed by atoms with van der Waals surface area (Å²) >= 11 is 12.2. The van der Waals surface area contributed by atoms with E-state index in [0.717, 1.165) is 5.56 Å². The molecule has 0 fully saturated rings. The number of hydrogen-bond donors (Lipinski definition) is 1. The summed E-state index contributed by atoms with van der Waals surface area (Å²) < 4.78 is 1.46. The molecular formula is C13H12Cl2N2O2. The van der Waals surface area contributed by atoms with Gasteiger partial charge in [-0.1, -0.05) is 48.3 Å². The molecule has 0 aliphatic rings. The molecule has 0 spiro atoms. The topological polar surface area (TPSA) is 55.1 Å². The van der Waals surface area contributed by atoms with Gasteiger partial charge in [-0.25, -0.2) is 9.48 Å². The smallest absolute Gasteiger partial charge is 0.340 e. The number of aromatic nitrogens is 2. The Morgan fingerprint density at radius 1 is 1.37 bits per heavy atom. The Hall–Kier alpha value is -1.52. The van der Waals surface area contributed by atoms with E-state index in [2.05, 4.69) is 5.10 Å². The van der Waals surface area contributed by atoms with E-state index >= 15 is 0 Å². The largest absolute Gasteiger partial charge is 0.478 e. The van der Waals surface area contributed by atoms with Crippen LogP contribution in [0.3, 0.4) is 0 Å². The van der Waals surface area contributed by atoms with Crippen LogP contribution < -0.4 is 0 Å². The number of carboxylic acids is 1. The first kappa shape index (κ1) is 13.9. The predicted octanol–water partition coefficient (Wildman–Crippen LogP) is 3.50. The van der Waals surface area contributed by atoms with Crippen molar-refractivity contribution in [3.8, 4) is 0 Å². The summed E-state index contributed by atoms with van der Waals surface area (Å²) in [7, 11) is 0. The Morgan fingerprint density at radius 2 is 2.05 bits per heavy atom. The van der Waals surface area contributed by atoms with Crippen LogP contribution in [0.5, 0.6) is 0 Å². The number of aryl methyl sites for hydroxylation is 1. The van der Waals surface area contributed by atoms with Crippen molar-refractivity contribution < 1.29 is 9.90 Å². The SMILES string of the molecule is CCc1nn(Cc2ccccc2Cl)c(Cl)c1C(=O)O. The molecule has 4 nitrogen and oxygen atoms in total. The second kappa shape index (κ2) is 5.63. The molecule has 0 radical (unpaired) electrons. The lowest BCUT2D eigenvalue weighted by molar-refractivity contribution is 0.0696. The second-order valence-corrected chi connectivity index (χ2v) is 4.79. The zero-order chi connectivity index (χ0) is 14.0. The maximum absolute atomic E-state index is 11.2. The van der Waals surface area contributed by atoms with Crippen molar-refractivity contribution in [1.29, 1.82) is 0 Å². The highest BCUT2D eigenvalue weighted by atomic mass is 35.5. The highest BCUT2D eigenvalue weighted by Gasteiger charge is 2.21. The summed E-state index contributed by atoms with van der Waals surface area (Å²) in [4.78, 5) is 11.2. The Balaban J connectivity index is 2.42. The van der Waals surface area contributed by atoms with Gasteiger partial charge in [0, 0.05) is 5.02 Å². The molecule has 0 saturated carbocycles. The van der Waals surface area contributed by atoms with Crippen molar-refractivity contribution >= 4 is 29.2 Å². The van der Waals surface area contributed by atoms with Gasteiger partial charge in [-0.3, -0.25) is 0 Å². The summed E-state index contributed by atoms with van der Waals surface area (Å²) in [5.41, 5.74) is 1.38. The standard InChI is InChI=1S/C13H12Cl2N2O2/c1-2-10-11(13(18)19)12(15)17(16-10)7-8-5-3-4-6-9(8)14/h3-6H,2,7H2,1H3,(H,18,19). The molecule has 0 bridgehead atoms. The quantitative estimate of drug-likeness (QED) is 0.940. The number of aromatic carboxylic acids is 1. The van der Waals surface area contributed by atoms with E-state index in [9.17, 15) is 4.79 Å². The zero-order valence-electron chi connectivity index (χ0n) is 10.2. The van der Waals surface area contributed by atoms with Gasteiger partial charge >= 0.3 is 5.97 Å². The fourth-order valence-electron chi connectivity index (χ4n) is 1.84. The maximum atomic E-state index is 11.2. The Bertz CT molecular complexity index is 623. The third kappa shape index (κ3) is 2.74. The van der Waals surface area contributed by atoms with Crippen LogP contribution in [-0.4, -0.2) is 20.9 Å². The Labute approximate surface area is 120 Å². The number of carboxylic acid groups (broad SMARTS) is 1. The first-order valence-corrected chi connectivity index (χ1v) is 6.52. The van der Waals surface area contributed by atoms with Gasteiger partial charge in [0.1, 0.15) is 10.7 Å². The van der Waals surface area contributed by atoms with E-state index in [-0.39, 0.29) is 10.7 Å². The summed E-state index contributed by atoms with van der Waals surface area (Å²) in [6, 6.07) is 7.31. The monoisotopic (exact) mass is 298 g/mol. The van der Waals surface area contributed by atoms with Crippen LogP contribution in [0.4, 0.5) is 0 Å². The fraction of sp³-hybridized carbons (Fsp3) is 0.231. The lowest BCUT2D eigenvalue weighted by Gasteiger charge is -2.05. The Morgan fingerprint density at radius 3 is 2.58 bits per heavy atom. The average molecular weight is 299 g/mol. The molecular weight excluding hydrogens is 287 g/mol. The minimum absolute atomic E-state index is 0.0659.